The van der Waals surface area contributed by atoms with E-state index >= 15 is 0 Å². The second-order valence-corrected chi connectivity index (χ2v) is 9.58. The Balaban J connectivity index is 1.77. The highest BCUT2D eigenvalue weighted by molar-refractivity contribution is 6.30. The summed E-state index contributed by atoms with van der Waals surface area (Å²) in [5.74, 6) is -0.0888. The zero-order valence-corrected chi connectivity index (χ0v) is 21.0. The van der Waals surface area contributed by atoms with Gasteiger partial charge in [-0.05, 0) is 86.0 Å². The first-order chi connectivity index (χ1) is 16.2. The van der Waals surface area contributed by atoms with Crippen LogP contribution in [0.4, 0.5) is 17.1 Å². The first-order valence-corrected chi connectivity index (χ1v) is 11.8. The molecular formula is C28H30ClN3O2. The van der Waals surface area contributed by atoms with E-state index in [1.807, 2.05) is 97.2 Å². The normalized spacial score (nSPS) is 17.2. The van der Waals surface area contributed by atoms with Gasteiger partial charge in [-0.2, -0.15) is 0 Å². The summed E-state index contributed by atoms with van der Waals surface area (Å²) in [6.07, 6.45) is 0.625. The van der Waals surface area contributed by atoms with E-state index < -0.39 is 0 Å². The van der Waals surface area contributed by atoms with Crippen molar-refractivity contribution in [1.82, 2.24) is 0 Å². The minimum absolute atomic E-state index is 0.0380. The molecule has 2 atom stereocenters. The summed E-state index contributed by atoms with van der Waals surface area (Å²) in [6.45, 7) is 5.65. The van der Waals surface area contributed by atoms with Gasteiger partial charge < -0.3 is 14.7 Å². The van der Waals surface area contributed by atoms with Gasteiger partial charge in [0, 0.05) is 54.7 Å². The predicted molar refractivity (Wildman–Crippen MR) is 140 cm³/mol. The molecular weight excluding hydrogens is 446 g/mol. The van der Waals surface area contributed by atoms with Crippen LogP contribution in [0.3, 0.4) is 0 Å². The molecule has 0 aliphatic carbocycles. The molecule has 0 unspecified atom stereocenters. The van der Waals surface area contributed by atoms with Crippen LogP contribution in [0.5, 0.6) is 0 Å². The number of nitrogens with zero attached hydrogens (tertiary/aromatic N) is 3. The summed E-state index contributed by atoms with van der Waals surface area (Å²) >= 11 is 6.09. The Morgan fingerprint density at radius 3 is 2.15 bits per heavy atom. The van der Waals surface area contributed by atoms with Gasteiger partial charge in [0.05, 0.1) is 6.04 Å². The fourth-order valence-corrected chi connectivity index (χ4v) is 4.84. The van der Waals surface area contributed by atoms with Crippen LogP contribution in [-0.4, -0.2) is 32.0 Å². The van der Waals surface area contributed by atoms with Crippen molar-refractivity contribution in [3.63, 3.8) is 0 Å². The van der Waals surface area contributed by atoms with Crippen LogP contribution in [0, 0.1) is 6.92 Å². The summed E-state index contributed by atoms with van der Waals surface area (Å²) in [7, 11) is 3.95. The molecule has 0 aromatic heterocycles. The molecule has 6 heteroatoms. The standard InChI is InChI=1S/C28H30ClN3O2/c1-18-6-15-25-26(16-18)31(28(34)21-7-11-23(12-8-21)30(4)5)19(2)17-27(25)32(20(3)33)24-13-9-22(29)10-14-24/h6-16,19,27H,17H2,1-5H3/t19-,27+/m0/s1. The van der Waals surface area contributed by atoms with Crippen LogP contribution in [0.1, 0.15) is 47.8 Å². The summed E-state index contributed by atoms with van der Waals surface area (Å²) in [4.78, 5) is 32.2. The van der Waals surface area contributed by atoms with E-state index in [-0.39, 0.29) is 23.9 Å². The van der Waals surface area contributed by atoms with E-state index in [9.17, 15) is 9.59 Å². The van der Waals surface area contributed by atoms with Crippen molar-refractivity contribution in [3.8, 4) is 0 Å². The summed E-state index contributed by atoms with van der Waals surface area (Å²) in [5.41, 5.74) is 5.36. The molecule has 0 radical (unpaired) electrons. The van der Waals surface area contributed by atoms with Gasteiger partial charge in [0.2, 0.25) is 5.91 Å². The molecule has 5 nitrogen and oxygen atoms in total. The molecule has 0 bridgehead atoms. The van der Waals surface area contributed by atoms with E-state index in [2.05, 4.69) is 0 Å². The van der Waals surface area contributed by atoms with Crippen LogP contribution in [-0.2, 0) is 4.79 Å². The Morgan fingerprint density at radius 1 is 0.941 bits per heavy atom. The maximum Gasteiger partial charge on any atom is 0.258 e. The third-order valence-electron chi connectivity index (χ3n) is 6.41. The van der Waals surface area contributed by atoms with E-state index in [1.165, 1.54) is 0 Å². The lowest BCUT2D eigenvalue weighted by Crippen LogP contribution is -2.47. The summed E-state index contributed by atoms with van der Waals surface area (Å²) in [5, 5.41) is 0.623. The molecule has 1 aliphatic heterocycles. The van der Waals surface area contributed by atoms with Gasteiger partial charge >= 0.3 is 0 Å². The smallest absolute Gasteiger partial charge is 0.258 e. The second kappa shape index (κ2) is 9.51. The third-order valence-corrected chi connectivity index (χ3v) is 6.67. The molecule has 176 valence electrons. The lowest BCUT2D eigenvalue weighted by Gasteiger charge is -2.43. The third kappa shape index (κ3) is 4.53. The monoisotopic (exact) mass is 475 g/mol. The van der Waals surface area contributed by atoms with Gasteiger partial charge in [-0.25, -0.2) is 0 Å². The van der Waals surface area contributed by atoms with Crippen molar-refractivity contribution >= 4 is 40.5 Å². The minimum Gasteiger partial charge on any atom is -0.378 e. The summed E-state index contributed by atoms with van der Waals surface area (Å²) in [6, 6.07) is 20.8. The Labute approximate surface area is 206 Å². The Kier molecular flexibility index (Phi) is 6.67. The van der Waals surface area contributed by atoms with Crippen LogP contribution in [0.15, 0.2) is 66.7 Å². The minimum atomic E-state index is -0.190. The number of hydrogen-bond acceptors (Lipinski definition) is 3. The van der Waals surface area contributed by atoms with Gasteiger partial charge in [-0.3, -0.25) is 9.59 Å². The maximum absolute atomic E-state index is 13.7. The van der Waals surface area contributed by atoms with E-state index in [0.29, 0.717) is 17.0 Å². The highest BCUT2D eigenvalue weighted by Gasteiger charge is 2.38. The molecule has 4 rings (SSSR count). The lowest BCUT2D eigenvalue weighted by molar-refractivity contribution is -0.117. The first-order valence-electron chi connectivity index (χ1n) is 11.4. The van der Waals surface area contributed by atoms with Crippen molar-refractivity contribution in [2.45, 2.75) is 39.3 Å². The maximum atomic E-state index is 13.7. The number of rotatable bonds is 4. The molecule has 0 saturated carbocycles. The predicted octanol–water partition coefficient (Wildman–Crippen LogP) is 6.25. The topological polar surface area (TPSA) is 43.9 Å². The number of carbonyl (C=O) groups is 2. The van der Waals surface area contributed by atoms with Crippen molar-refractivity contribution in [3.05, 3.63) is 88.4 Å². The van der Waals surface area contributed by atoms with Crippen molar-refractivity contribution in [1.29, 1.82) is 0 Å². The van der Waals surface area contributed by atoms with Crippen LogP contribution in [0.25, 0.3) is 0 Å². The number of amides is 2. The number of benzene rings is 3. The highest BCUT2D eigenvalue weighted by Crippen LogP contribution is 2.43. The average molecular weight is 476 g/mol. The zero-order valence-electron chi connectivity index (χ0n) is 20.2. The Hall–Kier alpha value is -3.31. The van der Waals surface area contributed by atoms with E-state index in [0.717, 1.165) is 28.2 Å². The molecule has 3 aromatic carbocycles. The molecule has 0 fully saturated rings. The van der Waals surface area contributed by atoms with Gasteiger partial charge in [0.25, 0.3) is 5.91 Å². The zero-order chi connectivity index (χ0) is 24.6. The number of aryl methyl sites for hydroxylation is 1. The van der Waals surface area contributed by atoms with Crippen LogP contribution < -0.4 is 14.7 Å². The second-order valence-electron chi connectivity index (χ2n) is 9.14. The molecule has 0 N–H and O–H groups in total. The van der Waals surface area contributed by atoms with E-state index in [1.54, 1.807) is 19.1 Å². The number of anilines is 3. The average Bonchev–Trinajstić information content (AvgIpc) is 2.80. The molecule has 1 heterocycles. The number of fused-ring (bicyclic) bond motifs is 1. The fourth-order valence-electron chi connectivity index (χ4n) is 4.72. The van der Waals surface area contributed by atoms with Crippen LogP contribution in [0.2, 0.25) is 5.02 Å². The van der Waals surface area contributed by atoms with Crippen molar-refractivity contribution in [2.75, 3.05) is 28.8 Å². The lowest BCUT2D eigenvalue weighted by atomic mass is 9.88. The van der Waals surface area contributed by atoms with Crippen molar-refractivity contribution < 1.29 is 9.59 Å². The van der Waals surface area contributed by atoms with Gasteiger partial charge in [0.15, 0.2) is 0 Å². The Morgan fingerprint density at radius 2 is 1.56 bits per heavy atom. The van der Waals surface area contributed by atoms with Gasteiger partial charge in [-0.1, -0.05) is 23.7 Å². The molecule has 0 spiro atoms. The van der Waals surface area contributed by atoms with Gasteiger partial charge in [0.1, 0.15) is 0 Å². The molecule has 3 aromatic rings. The SMILES string of the molecule is CC(=O)N(c1ccc(Cl)cc1)[C@@H]1C[C@H](C)N(C(=O)c2ccc(N(C)C)cc2)c2cc(C)ccc21. The van der Waals surface area contributed by atoms with E-state index in [4.69, 9.17) is 11.6 Å². The van der Waals surface area contributed by atoms with Gasteiger partial charge in [-0.15, -0.1) is 0 Å². The largest absolute Gasteiger partial charge is 0.378 e. The number of halogens is 1. The van der Waals surface area contributed by atoms with Crippen molar-refractivity contribution in [2.24, 2.45) is 0 Å². The highest BCUT2D eigenvalue weighted by atomic mass is 35.5. The Bertz CT molecular complexity index is 1210. The summed E-state index contributed by atoms with van der Waals surface area (Å²) < 4.78 is 0. The fraction of sp³-hybridized carbons (Fsp3) is 0.286. The first kappa shape index (κ1) is 23.8. The quantitative estimate of drug-likeness (QED) is 0.448. The molecule has 0 saturated heterocycles. The van der Waals surface area contributed by atoms with Crippen LogP contribution >= 0.6 is 11.6 Å². The molecule has 2 amide bonds. The number of hydrogen-bond donors (Lipinski definition) is 0. The molecule has 1 aliphatic rings. The number of carbonyl (C=O) groups excluding carboxylic acids is 2. The molecule has 34 heavy (non-hydrogen) atoms.